The lowest BCUT2D eigenvalue weighted by Gasteiger charge is -2.09. The number of aryl methyl sites for hydroxylation is 1. The van der Waals surface area contributed by atoms with Crippen LogP contribution in [0.1, 0.15) is 5.56 Å². The van der Waals surface area contributed by atoms with E-state index < -0.39 is 0 Å². The first-order valence-corrected chi connectivity index (χ1v) is 5.72. The highest BCUT2D eigenvalue weighted by Crippen LogP contribution is 2.22. The summed E-state index contributed by atoms with van der Waals surface area (Å²) in [5, 5.41) is 0. The van der Waals surface area contributed by atoms with Crippen molar-refractivity contribution in [3.05, 3.63) is 23.8 Å². The molecule has 2 nitrogen and oxygen atoms in total. The van der Waals surface area contributed by atoms with E-state index in [0.717, 1.165) is 23.5 Å². The molecule has 0 heterocycles. The maximum absolute atomic E-state index is 5.83. The Morgan fingerprint density at radius 1 is 1.36 bits per heavy atom. The Hall–Kier alpha value is -0.670. The second-order valence-corrected chi connectivity index (χ2v) is 4.84. The summed E-state index contributed by atoms with van der Waals surface area (Å²) in [6.07, 6.45) is 0. The summed E-state index contributed by atoms with van der Waals surface area (Å²) in [6, 6.07) is 6.26. The molecule has 78 valence electrons. The number of thioether (sulfide) groups is 1. The molecule has 14 heavy (non-hydrogen) atoms. The first-order valence-electron chi connectivity index (χ1n) is 4.73. The highest BCUT2D eigenvalue weighted by atomic mass is 32.2. The Bertz CT molecular complexity index is 297. The molecule has 0 radical (unpaired) electrons. The first-order chi connectivity index (χ1) is 6.59. The van der Waals surface area contributed by atoms with E-state index in [4.69, 9.17) is 5.73 Å². The molecule has 0 saturated heterocycles. The Morgan fingerprint density at radius 3 is 2.64 bits per heavy atom. The molecule has 0 fully saturated rings. The Labute approximate surface area is 90.5 Å². The molecule has 0 aliphatic carbocycles. The predicted molar refractivity (Wildman–Crippen MR) is 64.9 cm³/mol. The molecule has 0 aromatic heterocycles. The van der Waals surface area contributed by atoms with Crippen molar-refractivity contribution >= 4 is 17.4 Å². The fourth-order valence-corrected chi connectivity index (χ4v) is 2.12. The molecule has 1 aromatic carbocycles. The van der Waals surface area contributed by atoms with Crippen molar-refractivity contribution in [1.82, 2.24) is 4.90 Å². The van der Waals surface area contributed by atoms with Gasteiger partial charge in [-0.3, -0.25) is 0 Å². The van der Waals surface area contributed by atoms with Crippen LogP contribution in [0.15, 0.2) is 23.1 Å². The number of nitrogens with two attached hydrogens (primary N) is 1. The van der Waals surface area contributed by atoms with Crippen molar-refractivity contribution in [3.63, 3.8) is 0 Å². The van der Waals surface area contributed by atoms with Gasteiger partial charge in [0.05, 0.1) is 0 Å². The van der Waals surface area contributed by atoms with E-state index in [1.165, 1.54) is 4.90 Å². The lowest BCUT2D eigenvalue weighted by atomic mass is 10.2. The van der Waals surface area contributed by atoms with Crippen molar-refractivity contribution in [2.45, 2.75) is 11.8 Å². The maximum atomic E-state index is 5.83. The second-order valence-electron chi connectivity index (χ2n) is 3.67. The third kappa shape index (κ3) is 3.60. The van der Waals surface area contributed by atoms with Gasteiger partial charge >= 0.3 is 0 Å². The van der Waals surface area contributed by atoms with Crippen molar-refractivity contribution < 1.29 is 0 Å². The van der Waals surface area contributed by atoms with Crippen molar-refractivity contribution in [2.75, 3.05) is 32.1 Å². The average Bonchev–Trinajstić information content (AvgIpc) is 2.10. The molecular weight excluding hydrogens is 192 g/mol. The number of hydrogen-bond acceptors (Lipinski definition) is 3. The monoisotopic (exact) mass is 210 g/mol. The fraction of sp³-hybridized carbons (Fsp3) is 0.455. The Balaban J connectivity index is 2.47. The van der Waals surface area contributed by atoms with Gasteiger partial charge in [0, 0.05) is 22.9 Å². The zero-order valence-corrected chi connectivity index (χ0v) is 9.90. The molecule has 0 saturated carbocycles. The normalized spacial score (nSPS) is 10.9. The average molecular weight is 210 g/mol. The zero-order valence-electron chi connectivity index (χ0n) is 9.08. The van der Waals surface area contributed by atoms with Crippen LogP contribution in [0.5, 0.6) is 0 Å². The molecule has 0 bridgehead atoms. The molecule has 0 amide bonds. The summed E-state index contributed by atoms with van der Waals surface area (Å²) < 4.78 is 0. The summed E-state index contributed by atoms with van der Waals surface area (Å²) in [5.41, 5.74) is 7.87. The van der Waals surface area contributed by atoms with E-state index in [0.29, 0.717) is 0 Å². The Kier molecular flexibility index (Phi) is 4.29. The number of nitrogens with zero attached hydrogens (tertiary/aromatic N) is 1. The first kappa shape index (κ1) is 11.4. The van der Waals surface area contributed by atoms with Crippen LogP contribution >= 0.6 is 11.8 Å². The topological polar surface area (TPSA) is 29.3 Å². The fourth-order valence-electron chi connectivity index (χ4n) is 1.05. The summed E-state index contributed by atoms with van der Waals surface area (Å²) in [5.74, 6) is 1.11. The summed E-state index contributed by atoms with van der Waals surface area (Å²) >= 11 is 1.85. The van der Waals surface area contributed by atoms with Gasteiger partial charge in [-0.25, -0.2) is 0 Å². The van der Waals surface area contributed by atoms with Gasteiger partial charge in [0.25, 0.3) is 0 Å². The smallest absolute Gasteiger partial charge is 0.0354 e. The zero-order chi connectivity index (χ0) is 10.6. The lowest BCUT2D eigenvalue weighted by molar-refractivity contribution is 0.437. The molecule has 1 rings (SSSR count). The third-order valence-corrected chi connectivity index (χ3v) is 3.03. The van der Waals surface area contributed by atoms with E-state index in [1.54, 1.807) is 0 Å². The standard InChI is InChI=1S/C11H18N2S/c1-9-4-5-10(8-11(9)12)14-7-6-13(2)3/h4-5,8H,6-7,12H2,1-3H3. The minimum atomic E-state index is 0.889. The van der Waals surface area contributed by atoms with Gasteiger partial charge < -0.3 is 10.6 Å². The van der Waals surface area contributed by atoms with Crippen LogP contribution in [0, 0.1) is 6.92 Å². The van der Waals surface area contributed by atoms with Gasteiger partial charge in [0.15, 0.2) is 0 Å². The number of anilines is 1. The molecule has 3 heteroatoms. The van der Waals surface area contributed by atoms with Gasteiger partial charge in [-0.2, -0.15) is 0 Å². The van der Waals surface area contributed by atoms with Crippen LogP contribution in [-0.4, -0.2) is 31.3 Å². The van der Waals surface area contributed by atoms with Crippen molar-refractivity contribution in [2.24, 2.45) is 0 Å². The van der Waals surface area contributed by atoms with Gasteiger partial charge in [-0.1, -0.05) is 6.07 Å². The van der Waals surface area contributed by atoms with Crippen LogP contribution in [0.4, 0.5) is 5.69 Å². The summed E-state index contributed by atoms with van der Waals surface area (Å²) in [7, 11) is 4.17. The second kappa shape index (κ2) is 5.27. The summed E-state index contributed by atoms with van der Waals surface area (Å²) in [4.78, 5) is 3.44. The van der Waals surface area contributed by atoms with E-state index >= 15 is 0 Å². The third-order valence-electron chi connectivity index (χ3n) is 2.06. The molecule has 0 aliphatic rings. The lowest BCUT2D eigenvalue weighted by Crippen LogP contribution is -2.14. The van der Waals surface area contributed by atoms with Crippen LogP contribution in [0.2, 0.25) is 0 Å². The van der Waals surface area contributed by atoms with Gasteiger partial charge in [-0.15, -0.1) is 11.8 Å². The van der Waals surface area contributed by atoms with Crippen LogP contribution in [-0.2, 0) is 0 Å². The number of nitrogen functional groups attached to an aromatic ring is 1. The number of rotatable bonds is 4. The molecular formula is C11H18N2S. The molecule has 1 aromatic rings. The van der Waals surface area contributed by atoms with Gasteiger partial charge in [-0.05, 0) is 38.7 Å². The molecule has 0 spiro atoms. The minimum Gasteiger partial charge on any atom is -0.398 e. The predicted octanol–water partition coefficient (Wildman–Crippen LogP) is 2.23. The highest BCUT2D eigenvalue weighted by molar-refractivity contribution is 7.99. The molecule has 0 unspecified atom stereocenters. The van der Waals surface area contributed by atoms with Crippen molar-refractivity contribution in [3.8, 4) is 0 Å². The van der Waals surface area contributed by atoms with Gasteiger partial charge in [0.2, 0.25) is 0 Å². The minimum absolute atomic E-state index is 0.889. The number of hydrogen-bond donors (Lipinski definition) is 1. The molecule has 2 N–H and O–H groups in total. The van der Waals surface area contributed by atoms with Crippen LogP contribution in [0.3, 0.4) is 0 Å². The van der Waals surface area contributed by atoms with Gasteiger partial charge in [0.1, 0.15) is 0 Å². The Morgan fingerprint density at radius 2 is 2.07 bits per heavy atom. The van der Waals surface area contributed by atoms with E-state index in [9.17, 15) is 0 Å². The molecule has 0 atom stereocenters. The summed E-state index contributed by atoms with van der Waals surface area (Å²) in [6.45, 7) is 3.13. The van der Waals surface area contributed by atoms with E-state index in [2.05, 4.69) is 37.2 Å². The number of benzene rings is 1. The largest absolute Gasteiger partial charge is 0.398 e. The van der Waals surface area contributed by atoms with Crippen LogP contribution in [0.25, 0.3) is 0 Å². The maximum Gasteiger partial charge on any atom is 0.0354 e. The van der Waals surface area contributed by atoms with E-state index in [-0.39, 0.29) is 0 Å². The van der Waals surface area contributed by atoms with Crippen molar-refractivity contribution in [1.29, 1.82) is 0 Å². The van der Waals surface area contributed by atoms with E-state index in [1.807, 2.05) is 18.7 Å². The quantitative estimate of drug-likeness (QED) is 0.610. The molecule has 0 aliphatic heterocycles. The highest BCUT2D eigenvalue weighted by Gasteiger charge is 1.98. The van der Waals surface area contributed by atoms with Crippen LogP contribution < -0.4 is 5.73 Å². The SMILES string of the molecule is Cc1ccc(SCCN(C)C)cc1N.